The lowest BCUT2D eigenvalue weighted by Crippen LogP contribution is -3.00. The van der Waals surface area contributed by atoms with Gasteiger partial charge in [0.2, 0.25) is 0 Å². The van der Waals surface area contributed by atoms with E-state index in [-0.39, 0.29) is 19.0 Å². The van der Waals surface area contributed by atoms with Gasteiger partial charge in [-0.3, -0.25) is 4.79 Å². The van der Waals surface area contributed by atoms with Crippen LogP contribution in [0.25, 0.3) is 0 Å². The summed E-state index contributed by atoms with van der Waals surface area (Å²) in [5, 5.41) is 23.4. The van der Waals surface area contributed by atoms with E-state index in [0.717, 1.165) is 11.9 Å². The highest BCUT2D eigenvalue weighted by atomic mass is 35.5. The van der Waals surface area contributed by atoms with Crippen molar-refractivity contribution < 1.29 is 36.6 Å². The summed E-state index contributed by atoms with van der Waals surface area (Å²) in [5.41, 5.74) is 1.08. The van der Waals surface area contributed by atoms with Crippen LogP contribution in [0.3, 0.4) is 0 Å². The average molecular weight is 566 g/mol. The molecule has 0 aromatic carbocycles. The number of aliphatic hydroxyl groups excluding tert-OH is 2. The summed E-state index contributed by atoms with van der Waals surface area (Å²) in [7, 11) is 3.98. The SMILES string of the molecule is CCCC[P+](CCCC)(CCCC)Cc1coc(CCCNC(=O)[C@@H](O)[C@@H](O)[C@H](COC)N(C)C)n1.[Cl-]. The summed E-state index contributed by atoms with van der Waals surface area (Å²) in [4.78, 5) is 18.9. The van der Waals surface area contributed by atoms with Gasteiger partial charge in [0.05, 0.1) is 31.1 Å². The number of hydrogen-bond donors (Lipinski definition) is 3. The number of hydrogen-bond acceptors (Lipinski definition) is 7. The molecular weight excluding hydrogens is 513 g/mol. The number of oxazole rings is 1. The van der Waals surface area contributed by atoms with E-state index in [2.05, 4.69) is 26.1 Å². The van der Waals surface area contributed by atoms with Gasteiger partial charge in [0.25, 0.3) is 5.91 Å². The summed E-state index contributed by atoms with van der Waals surface area (Å²) >= 11 is 0. The third kappa shape index (κ3) is 13.2. The Morgan fingerprint density at radius 1 is 1.08 bits per heavy atom. The first-order chi connectivity index (χ1) is 17.2. The van der Waals surface area contributed by atoms with E-state index in [1.54, 1.807) is 19.0 Å². The van der Waals surface area contributed by atoms with Gasteiger partial charge in [0, 0.05) is 27.3 Å². The van der Waals surface area contributed by atoms with E-state index in [0.29, 0.717) is 25.3 Å². The fourth-order valence-corrected chi connectivity index (χ4v) is 9.52. The highest BCUT2D eigenvalue weighted by molar-refractivity contribution is 7.75. The smallest absolute Gasteiger partial charge is 0.251 e. The van der Waals surface area contributed by atoms with Crippen molar-refractivity contribution >= 4 is 13.2 Å². The summed E-state index contributed by atoms with van der Waals surface area (Å²) in [6.45, 7) is 7.42. The Kier molecular flexibility index (Phi) is 19.8. The molecule has 0 aliphatic carbocycles. The number of methoxy groups -OCH3 is 1. The molecule has 8 nitrogen and oxygen atoms in total. The molecule has 3 atom stereocenters. The third-order valence-corrected chi connectivity index (χ3v) is 11.7. The lowest BCUT2D eigenvalue weighted by molar-refractivity contribution is -0.139. The number of aromatic nitrogens is 1. The molecule has 3 N–H and O–H groups in total. The number of halogens is 1. The molecule has 0 bridgehead atoms. The molecule has 1 aromatic rings. The fraction of sp³-hybridized carbons (Fsp3) is 0.852. The maximum atomic E-state index is 12.3. The molecule has 0 unspecified atom stereocenters. The molecule has 10 heteroatoms. The van der Waals surface area contributed by atoms with Gasteiger partial charge in [0.15, 0.2) is 12.0 Å². The zero-order valence-electron chi connectivity index (χ0n) is 24.0. The van der Waals surface area contributed by atoms with Gasteiger partial charge < -0.3 is 42.0 Å². The minimum Gasteiger partial charge on any atom is -1.00 e. The molecule has 0 fully saturated rings. The molecule has 1 amide bonds. The van der Waals surface area contributed by atoms with Gasteiger partial charge in [-0.05, 0) is 39.8 Å². The number of nitrogens with one attached hydrogen (secondary N) is 1. The van der Waals surface area contributed by atoms with Crippen molar-refractivity contribution in [1.82, 2.24) is 15.2 Å². The van der Waals surface area contributed by atoms with E-state index in [9.17, 15) is 15.0 Å². The van der Waals surface area contributed by atoms with Crippen molar-refractivity contribution in [2.75, 3.05) is 52.8 Å². The molecule has 0 saturated carbocycles. The van der Waals surface area contributed by atoms with Crippen LogP contribution in [0.1, 0.15) is 77.3 Å². The normalized spacial score (nSPS) is 14.3. The zero-order chi connectivity index (χ0) is 27.0. The van der Waals surface area contributed by atoms with Crippen LogP contribution in [0.2, 0.25) is 0 Å². The first-order valence-electron chi connectivity index (χ1n) is 13.8. The molecule has 1 heterocycles. The van der Waals surface area contributed by atoms with Crippen LogP contribution in [-0.4, -0.2) is 97.1 Å². The average Bonchev–Trinajstić information content (AvgIpc) is 3.31. The van der Waals surface area contributed by atoms with Gasteiger partial charge in [-0.2, -0.15) is 0 Å². The number of aliphatic hydroxyl groups is 2. The van der Waals surface area contributed by atoms with Gasteiger partial charge >= 0.3 is 0 Å². The number of carbonyl (C=O) groups excluding carboxylic acids is 1. The quantitative estimate of drug-likeness (QED) is 0.150. The van der Waals surface area contributed by atoms with E-state index in [1.807, 2.05) is 6.26 Å². The second kappa shape index (κ2) is 20.2. The van der Waals surface area contributed by atoms with Crippen LogP contribution in [-0.2, 0) is 22.1 Å². The second-order valence-corrected chi connectivity index (χ2v) is 14.6. The summed E-state index contributed by atoms with van der Waals surface area (Å²) in [6, 6.07) is -0.483. The van der Waals surface area contributed by atoms with Crippen LogP contribution >= 0.6 is 7.26 Å². The monoisotopic (exact) mass is 565 g/mol. The van der Waals surface area contributed by atoms with Crippen molar-refractivity contribution in [2.24, 2.45) is 0 Å². The van der Waals surface area contributed by atoms with Gasteiger partial charge in [-0.25, -0.2) is 4.98 Å². The molecular formula is C27H53ClN3O5P. The Hall–Kier alpha value is -0.760. The molecule has 0 radical (unpaired) electrons. The topological polar surface area (TPSA) is 108 Å². The van der Waals surface area contributed by atoms with Crippen molar-refractivity contribution in [3.8, 4) is 0 Å². The van der Waals surface area contributed by atoms with Gasteiger partial charge in [-0.1, -0.05) is 40.0 Å². The zero-order valence-corrected chi connectivity index (χ0v) is 25.7. The highest BCUT2D eigenvalue weighted by Crippen LogP contribution is 2.63. The number of likely N-dealkylation sites (N-methyl/N-ethyl adjacent to an activating group) is 1. The predicted molar refractivity (Wildman–Crippen MR) is 149 cm³/mol. The summed E-state index contributed by atoms with van der Waals surface area (Å²) < 4.78 is 10.9. The molecule has 1 rings (SSSR count). The number of unbranched alkanes of at least 4 members (excludes halogenated alkanes) is 3. The molecule has 0 aliphatic heterocycles. The van der Waals surface area contributed by atoms with Crippen LogP contribution < -0.4 is 17.7 Å². The number of carbonyl (C=O) groups is 1. The highest BCUT2D eigenvalue weighted by Gasteiger charge is 2.37. The number of rotatable bonds is 21. The van der Waals surface area contributed by atoms with Gasteiger partial charge in [0.1, 0.15) is 24.2 Å². The Labute approximate surface area is 232 Å². The largest absolute Gasteiger partial charge is 1.00 e. The maximum Gasteiger partial charge on any atom is 0.251 e. The minimum atomic E-state index is -1.52. The molecule has 37 heavy (non-hydrogen) atoms. The number of aryl methyl sites for hydroxylation is 1. The Morgan fingerprint density at radius 2 is 1.65 bits per heavy atom. The van der Waals surface area contributed by atoms with E-state index < -0.39 is 31.4 Å². The van der Waals surface area contributed by atoms with Crippen molar-refractivity contribution in [1.29, 1.82) is 0 Å². The lowest BCUT2D eigenvalue weighted by Gasteiger charge is -2.30. The predicted octanol–water partition coefficient (Wildman–Crippen LogP) is 0.944. The molecule has 0 spiro atoms. The third-order valence-electron chi connectivity index (χ3n) is 6.91. The van der Waals surface area contributed by atoms with Crippen LogP contribution in [0, 0.1) is 0 Å². The van der Waals surface area contributed by atoms with Gasteiger partial charge in [-0.15, -0.1) is 0 Å². The van der Waals surface area contributed by atoms with E-state index >= 15 is 0 Å². The van der Waals surface area contributed by atoms with E-state index in [4.69, 9.17) is 14.1 Å². The number of ether oxygens (including phenoxy) is 1. The summed E-state index contributed by atoms with van der Waals surface area (Å²) in [6.07, 6.45) is 13.1. The first kappa shape index (κ1) is 36.2. The molecule has 1 aromatic heterocycles. The fourth-order valence-electron chi connectivity index (χ4n) is 4.58. The Morgan fingerprint density at radius 3 is 2.14 bits per heavy atom. The van der Waals surface area contributed by atoms with Crippen molar-refractivity contribution in [2.45, 2.75) is 96.5 Å². The minimum absolute atomic E-state index is 0. The van der Waals surface area contributed by atoms with Crippen molar-refractivity contribution in [3.05, 3.63) is 17.8 Å². The molecule has 0 aliphatic rings. The van der Waals surface area contributed by atoms with Crippen LogP contribution in [0.15, 0.2) is 10.7 Å². The lowest BCUT2D eigenvalue weighted by atomic mass is 10.0. The second-order valence-electron chi connectivity index (χ2n) is 10.3. The first-order valence-corrected chi connectivity index (χ1v) is 16.3. The maximum absolute atomic E-state index is 12.3. The Balaban J connectivity index is 0.0000130. The van der Waals surface area contributed by atoms with Crippen LogP contribution in [0.5, 0.6) is 0 Å². The Bertz CT molecular complexity index is 700. The van der Waals surface area contributed by atoms with Crippen LogP contribution in [0.4, 0.5) is 0 Å². The summed E-state index contributed by atoms with van der Waals surface area (Å²) in [5.74, 6) is 0.114. The van der Waals surface area contributed by atoms with Crippen molar-refractivity contribution in [3.63, 3.8) is 0 Å². The van der Waals surface area contributed by atoms with E-state index in [1.165, 1.54) is 64.1 Å². The molecule has 0 saturated heterocycles. The number of nitrogens with zero attached hydrogens (tertiary/aromatic N) is 2. The molecule has 218 valence electrons. The number of amides is 1. The standard InChI is InChI=1S/C27H52N3O5P.ClH/c1-7-10-16-36(17-11-8-2,18-12-9-3)21-22-19-35-24(29-22)14-13-15-28-27(33)26(32)25(31)23(20-34-6)30(4)5;/h19,23,25-26,31-32H,7-18,20-21H2,1-6H3;1H/t23-,25-,26-;/m0./s1.